The first-order chi connectivity index (χ1) is 16.2. The quantitative estimate of drug-likeness (QED) is 0.571. The molecule has 2 fully saturated rings. The molecule has 2 saturated carbocycles. The van der Waals surface area contributed by atoms with Crippen molar-refractivity contribution in [3.05, 3.63) is 11.1 Å². The zero-order valence-corrected chi connectivity index (χ0v) is 21.9. The molecule has 0 heterocycles. The van der Waals surface area contributed by atoms with Crippen molar-refractivity contribution in [1.82, 2.24) is 0 Å². The third kappa shape index (κ3) is 3.29. The zero-order chi connectivity index (χ0) is 26.1. The van der Waals surface area contributed by atoms with E-state index in [2.05, 4.69) is 0 Å². The molecule has 0 spiro atoms. The van der Waals surface area contributed by atoms with Gasteiger partial charge < -0.3 is 14.9 Å². The van der Waals surface area contributed by atoms with Crippen LogP contribution in [-0.4, -0.2) is 53.4 Å². The van der Waals surface area contributed by atoms with E-state index < -0.39 is 27.8 Å². The van der Waals surface area contributed by atoms with Gasteiger partial charge in [-0.3, -0.25) is 19.2 Å². The van der Waals surface area contributed by atoms with Crippen molar-refractivity contribution >= 4 is 23.3 Å². The van der Waals surface area contributed by atoms with Crippen molar-refractivity contribution < 1.29 is 34.1 Å². The SMILES string of the molecule is COC(=O)CCC(C)C1CC(=O)C2(C)C3=C(C(=O)CC12C)C1(C)CCC(O)C(C)(CO)C1CC3=O. The Morgan fingerprint density at radius 3 is 2.34 bits per heavy atom. The number of carbonyl (C=O) groups excluding carboxylic acids is 4. The fourth-order valence-electron chi connectivity index (χ4n) is 8.52. The van der Waals surface area contributed by atoms with Crippen LogP contribution in [0.3, 0.4) is 0 Å². The van der Waals surface area contributed by atoms with Gasteiger partial charge in [-0.2, -0.15) is 0 Å². The van der Waals surface area contributed by atoms with Crippen LogP contribution >= 0.6 is 0 Å². The summed E-state index contributed by atoms with van der Waals surface area (Å²) in [6, 6.07) is 0. The third-order valence-electron chi connectivity index (χ3n) is 11.0. The molecule has 4 aliphatic rings. The van der Waals surface area contributed by atoms with E-state index in [1.54, 1.807) is 6.92 Å². The fraction of sp³-hybridized carbons (Fsp3) is 0.786. The molecule has 7 heteroatoms. The van der Waals surface area contributed by atoms with Crippen LogP contribution in [0.25, 0.3) is 0 Å². The lowest BCUT2D eigenvalue weighted by molar-refractivity contribution is -0.152. The fourth-order valence-corrected chi connectivity index (χ4v) is 8.52. The summed E-state index contributed by atoms with van der Waals surface area (Å²) in [6.07, 6.45) is 1.57. The summed E-state index contributed by atoms with van der Waals surface area (Å²) in [6.45, 7) is 9.36. The lowest BCUT2D eigenvalue weighted by Crippen LogP contribution is -2.61. The number of Topliss-reactive ketones (excluding diaryl/α,β-unsaturated/α-hetero) is 3. The summed E-state index contributed by atoms with van der Waals surface area (Å²) >= 11 is 0. The minimum Gasteiger partial charge on any atom is -0.469 e. The molecule has 0 aromatic heterocycles. The third-order valence-corrected chi connectivity index (χ3v) is 11.0. The molecule has 35 heavy (non-hydrogen) atoms. The predicted octanol–water partition coefficient (Wildman–Crippen LogP) is 3.20. The van der Waals surface area contributed by atoms with Crippen LogP contribution < -0.4 is 0 Å². The molecule has 7 nitrogen and oxygen atoms in total. The second-order valence-corrected chi connectivity index (χ2v) is 12.5. The molecule has 2 N–H and O–H groups in total. The van der Waals surface area contributed by atoms with Gasteiger partial charge in [0.25, 0.3) is 0 Å². The number of ketones is 3. The van der Waals surface area contributed by atoms with Crippen molar-refractivity contribution in [1.29, 1.82) is 0 Å². The molecular weight excluding hydrogens is 448 g/mol. The average molecular weight is 489 g/mol. The summed E-state index contributed by atoms with van der Waals surface area (Å²) in [5.74, 6) is -1.09. The van der Waals surface area contributed by atoms with Gasteiger partial charge in [0.2, 0.25) is 0 Å². The molecule has 0 aliphatic heterocycles. The number of carbonyl (C=O) groups is 4. The van der Waals surface area contributed by atoms with Crippen LogP contribution in [-0.2, 0) is 23.9 Å². The highest BCUT2D eigenvalue weighted by Crippen LogP contribution is 2.70. The highest BCUT2D eigenvalue weighted by Gasteiger charge is 2.70. The lowest BCUT2D eigenvalue weighted by Gasteiger charge is -2.60. The summed E-state index contributed by atoms with van der Waals surface area (Å²) in [5, 5.41) is 21.0. The van der Waals surface area contributed by atoms with Gasteiger partial charge in [-0.1, -0.05) is 27.7 Å². The number of rotatable bonds is 5. The van der Waals surface area contributed by atoms with Crippen molar-refractivity contribution in [3.63, 3.8) is 0 Å². The van der Waals surface area contributed by atoms with Gasteiger partial charge in [0, 0.05) is 47.7 Å². The Bertz CT molecular complexity index is 1010. The first-order valence-corrected chi connectivity index (χ1v) is 12.9. The van der Waals surface area contributed by atoms with E-state index in [4.69, 9.17) is 4.74 Å². The topological polar surface area (TPSA) is 118 Å². The number of hydrogen-bond acceptors (Lipinski definition) is 7. The summed E-state index contributed by atoms with van der Waals surface area (Å²) in [7, 11) is 1.35. The van der Waals surface area contributed by atoms with E-state index >= 15 is 0 Å². The van der Waals surface area contributed by atoms with Gasteiger partial charge in [0.15, 0.2) is 11.6 Å². The maximum Gasteiger partial charge on any atom is 0.305 e. The molecule has 8 unspecified atom stereocenters. The van der Waals surface area contributed by atoms with E-state index in [1.165, 1.54) is 7.11 Å². The van der Waals surface area contributed by atoms with Gasteiger partial charge in [-0.25, -0.2) is 0 Å². The molecule has 194 valence electrons. The Balaban J connectivity index is 1.82. The average Bonchev–Trinajstić information content (AvgIpc) is 3.02. The van der Waals surface area contributed by atoms with Gasteiger partial charge in [0.05, 0.1) is 25.2 Å². The highest BCUT2D eigenvalue weighted by molar-refractivity contribution is 6.16. The number of fused-ring (bicyclic) bond motifs is 4. The van der Waals surface area contributed by atoms with E-state index in [1.807, 2.05) is 27.7 Å². The first kappa shape index (κ1) is 26.2. The van der Waals surface area contributed by atoms with Gasteiger partial charge >= 0.3 is 5.97 Å². The minimum atomic E-state index is -1.07. The number of aliphatic hydroxyl groups excluding tert-OH is 2. The van der Waals surface area contributed by atoms with Crippen molar-refractivity contribution in [2.75, 3.05) is 13.7 Å². The van der Waals surface area contributed by atoms with E-state index in [9.17, 15) is 29.4 Å². The van der Waals surface area contributed by atoms with Crippen molar-refractivity contribution in [2.24, 2.45) is 39.4 Å². The Morgan fingerprint density at radius 1 is 1.09 bits per heavy atom. The number of allylic oxidation sites excluding steroid dienone is 2. The van der Waals surface area contributed by atoms with E-state index in [-0.39, 0.29) is 73.4 Å². The second kappa shape index (κ2) is 8.34. The Hall–Kier alpha value is -1.86. The van der Waals surface area contributed by atoms with Crippen LogP contribution in [0.5, 0.6) is 0 Å². The number of aliphatic hydroxyl groups is 2. The normalized spacial score (nSPS) is 44.0. The number of hydrogen-bond donors (Lipinski definition) is 2. The standard InChI is InChI=1S/C28H40O7/c1-15(7-8-22(34)35-6)16-11-21(33)28(5)24-17(30)12-19-25(2,10-9-20(32)26(19,3)14-29)23(24)18(31)13-27(16,28)4/h15-16,19-20,29,32H,7-14H2,1-6H3. The monoisotopic (exact) mass is 488 g/mol. The predicted molar refractivity (Wildman–Crippen MR) is 128 cm³/mol. The Labute approximate surface area is 207 Å². The molecule has 4 rings (SSSR count). The van der Waals surface area contributed by atoms with Crippen LogP contribution in [0.1, 0.15) is 79.6 Å². The molecular formula is C28H40O7. The molecule has 8 atom stereocenters. The molecule has 0 aromatic rings. The van der Waals surface area contributed by atoms with Gasteiger partial charge in [-0.15, -0.1) is 0 Å². The largest absolute Gasteiger partial charge is 0.469 e. The smallest absolute Gasteiger partial charge is 0.305 e. The van der Waals surface area contributed by atoms with Crippen LogP contribution in [0.15, 0.2) is 11.1 Å². The minimum absolute atomic E-state index is 0.00404. The van der Waals surface area contributed by atoms with Crippen LogP contribution in [0.4, 0.5) is 0 Å². The summed E-state index contributed by atoms with van der Waals surface area (Å²) in [4.78, 5) is 53.4. The number of esters is 1. The van der Waals surface area contributed by atoms with Crippen molar-refractivity contribution in [3.8, 4) is 0 Å². The Morgan fingerprint density at radius 2 is 1.74 bits per heavy atom. The van der Waals surface area contributed by atoms with Gasteiger partial charge in [-0.05, 0) is 49.4 Å². The number of ether oxygens (including phenoxy) is 1. The molecule has 0 aromatic carbocycles. The first-order valence-electron chi connectivity index (χ1n) is 12.9. The molecule has 0 radical (unpaired) electrons. The molecule has 0 saturated heterocycles. The zero-order valence-electron chi connectivity index (χ0n) is 21.9. The highest BCUT2D eigenvalue weighted by atomic mass is 16.5. The second-order valence-electron chi connectivity index (χ2n) is 12.5. The summed E-state index contributed by atoms with van der Waals surface area (Å²) < 4.78 is 4.79. The lowest BCUT2D eigenvalue weighted by atomic mass is 9.42. The van der Waals surface area contributed by atoms with Crippen LogP contribution in [0.2, 0.25) is 0 Å². The molecule has 0 bridgehead atoms. The molecule has 4 aliphatic carbocycles. The maximum atomic E-state index is 14.0. The maximum absolute atomic E-state index is 14.0. The molecule has 0 amide bonds. The summed E-state index contributed by atoms with van der Waals surface area (Å²) in [5.41, 5.74) is -2.51. The van der Waals surface area contributed by atoms with Gasteiger partial charge in [0.1, 0.15) is 5.78 Å². The van der Waals surface area contributed by atoms with Crippen LogP contribution in [0, 0.1) is 39.4 Å². The number of methoxy groups -OCH3 is 1. The van der Waals surface area contributed by atoms with Crippen molar-refractivity contribution in [2.45, 2.75) is 85.7 Å². The van der Waals surface area contributed by atoms with E-state index in [0.29, 0.717) is 30.4 Å². The Kier molecular flexibility index (Phi) is 6.24. The van der Waals surface area contributed by atoms with E-state index in [0.717, 1.165) is 0 Å².